The first-order chi connectivity index (χ1) is 24.7. The molecule has 1 aliphatic heterocycles. The van der Waals surface area contributed by atoms with Gasteiger partial charge in [-0.05, 0) is 61.4 Å². The summed E-state index contributed by atoms with van der Waals surface area (Å²) in [6.07, 6.45) is 10.2. The molecule has 272 valence electrons. The molecule has 1 saturated heterocycles. The van der Waals surface area contributed by atoms with Gasteiger partial charge < -0.3 is 24.4 Å². The van der Waals surface area contributed by atoms with Gasteiger partial charge >= 0.3 is 0 Å². The van der Waals surface area contributed by atoms with Crippen molar-refractivity contribution in [2.75, 3.05) is 69.9 Å². The van der Waals surface area contributed by atoms with Crippen molar-refractivity contribution in [1.82, 2.24) is 14.5 Å². The number of imidazole rings is 1. The summed E-state index contributed by atoms with van der Waals surface area (Å²) in [4.78, 5) is 36.5. The number of carbonyl (C=O) groups is 2. The van der Waals surface area contributed by atoms with Crippen molar-refractivity contribution in [2.24, 2.45) is 0 Å². The average molecular weight is 713 g/mol. The smallest absolute Gasteiger partial charge is 0.190 e. The number of Topliss-reactive ketones (excluding diaryl/α,β-unsaturated/α-hetero) is 1. The number of ketones is 1. The van der Waals surface area contributed by atoms with Crippen LogP contribution in [0.25, 0.3) is 21.9 Å². The van der Waals surface area contributed by atoms with Gasteiger partial charge in [0.1, 0.15) is 23.7 Å². The van der Waals surface area contributed by atoms with E-state index in [0.29, 0.717) is 43.9 Å². The van der Waals surface area contributed by atoms with E-state index in [0.717, 1.165) is 122 Å². The number of nitriles is 1. The minimum Gasteiger partial charge on any atom is -0.382 e. The van der Waals surface area contributed by atoms with Crippen LogP contribution >= 0.6 is 11.8 Å². The highest BCUT2D eigenvalue weighted by Crippen LogP contribution is 2.33. The summed E-state index contributed by atoms with van der Waals surface area (Å²) in [5, 5.41) is 10.4. The van der Waals surface area contributed by atoms with E-state index in [9.17, 15) is 9.59 Å². The van der Waals surface area contributed by atoms with Crippen molar-refractivity contribution >= 4 is 56.1 Å². The number of thioether (sulfide) groups is 1. The molecule has 2 N–H and O–H groups in total. The number of fused-ring (bicyclic) bond motifs is 3. The van der Waals surface area contributed by atoms with Crippen LogP contribution in [0.5, 0.6) is 0 Å². The summed E-state index contributed by atoms with van der Waals surface area (Å²) in [6.45, 7) is 9.12. The normalized spacial score (nSPS) is 14.3. The summed E-state index contributed by atoms with van der Waals surface area (Å²) in [5.74, 6) is 1.77. The topological polar surface area (TPSA) is 127 Å². The molecule has 0 unspecified atom stereocenters. The predicted octanol–water partition coefficient (Wildman–Crippen LogP) is 6.71. The number of nitrogen functional groups attached to an aromatic ring is 1. The lowest BCUT2D eigenvalue weighted by Gasteiger charge is -2.42. The summed E-state index contributed by atoms with van der Waals surface area (Å²) >= 11 is 1.26. The number of aromatic nitrogens is 3. The number of benzene rings is 2. The number of hydrogen-bond acceptors (Lipinski definition) is 9. The number of quaternary nitrogens is 1. The van der Waals surface area contributed by atoms with Crippen LogP contribution in [0, 0.1) is 11.3 Å². The molecule has 0 atom stereocenters. The zero-order chi connectivity index (χ0) is 36.2. The molecule has 1 fully saturated rings. The van der Waals surface area contributed by atoms with Gasteiger partial charge in [0, 0.05) is 43.3 Å². The van der Waals surface area contributed by atoms with E-state index in [1.54, 1.807) is 12.1 Å². The second-order valence-electron chi connectivity index (χ2n) is 14.1. The number of anilines is 2. The number of likely N-dealkylation sites (N-methyl/N-ethyl adjacent to an activating group) is 1. The number of ether oxygens (including phenoxy) is 1. The molecular formula is C40H54N7O3S+. The van der Waals surface area contributed by atoms with Gasteiger partial charge in [-0.1, -0.05) is 50.1 Å². The van der Waals surface area contributed by atoms with Crippen LogP contribution in [0.15, 0.2) is 42.5 Å². The molecule has 0 bridgehead atoms. The molecule has 3 heterocycles. The minimum atomic E-state index is 0.174. The summed E-state index contributed by atoms with van der Waals surface area (Å²) in [7, 11) is 2.30. The van der Waals surface area contributed by atoms with Gasteiger partial charge in [0.2, 0.25) is 0 Å². The number of piperazine rings is 1. The van der Waals surface area contributed by atoms with Crippen molar-refractivity contribution in [1.29, 1.82) is 5.26 Å². The van der Waals surface area contributed by atoms with E-state index in [4.69, 9.17) is 25.7 Å². The van der Waals surface area contributed by atoms with Crippen LogP contribution in [0.3, 0.4) is 0 Å². The van der Waals surface area contributed by atoms with Crippen molar-refractivity contribution in [3.63, 3.8) is 0 Å². The molecule has 5 rings (SSSR count). The molecule has 4 aromatic rings. The Labute approximate surface area is 306 Å². The molecule has 2 aromatic carbocycles. The van der Waals surface area contributed by atoms with Gasteiger partial charge in [-0.3, -0.25) is 9.59 Å². The van der Waals surface area contributed by atoms with E-state index < -0.39 is 0 Å². The van der Waals surface area contributed by atoms with Crippen molar-refractivity contribution in [2.45, 2.75) is 77.7 Å². The van der Waals surface area contributed by atoms with E-state index in [-0.39, 0.29) is 10.9 Å². The highest BCUT2D eigenvalue weighted by molar-refractivity contribution is 8.13. The number of aryl methyl sites for hydroxylation is 2. The maximum absolute atomic E-state index is 12.6. The van der Waals surface area contributed by atoms with Crippen molar-refractivity contribution in [3.8, 4) is 6.07 Å². The molecule has 0 saturated carbocycles. The summed E-state index contributed by atoms with van der Waals surface area (Å²) in [6, 6.07) is 16.0. The van der Waals surface area contributed by atoms with Gasteiger partial charge in [0.15, 0.2) is 10.9 Å². The molecule has 10 nitrogen and oxygen atoms in total. The van der Waals surface area contributed by atoms with Gasteiger partial charge in [0.05, 0.1) is 69.1 Å². The first kappa shape index (κ1) is 38.3. The number of unbranched alkanes of at least 4 members (excludes halogenated alkanes) is 4. The number of hydrogen-bond donors (Lipinski definition) is 1. The lowest BCUT2D eigenvalue weighted by molar-refractivity contribution is -0.910. The third-order valence-electron chi connectivity index (χ3n) is 10.2. The van der Waals surface area contributed by atoms with Crippen LogP contribution in [-0.4, -0.2) is 89.2 Å². The maximum atomic E-state index is 12.6. The van der Waals surface area contributed by atoms with Crippen molar-refractivity contribution in [3.05, 3.63) is 59.4 Å². The van der Waals surface area contributed by atoms with Gasteiger partial charge in [0.25, 0.3) is 0 Å². The zero-order valence-electron chi connectivity index (χ0n) is 30.7. The molecule has 2 aromatic heterocycles. The molecule has 11 heteroatoms. The van der Waals surface area contributed by atoms with Crippen LogP contribution in [0.4, 0.5) is 11.5 Å². The van der Waals surface area contributed by atoms with Crippen molar-refractivity contribution < 1.29 is 18.8 Å². The average Bonchev–Trinajstić information content (AvgIpc) is 3.51. The Morgan fingerprint density at radius 3 is 2.59 bits per heavy atom. The predicted molar refractivity (Wildman–Crippen MR) is 208 cm³/mol. The Hall–Kier alpha value is -3.98. The standard InChI is InChI=1S/C40H54N7O3S/c1-4-5-14-36-44-38-39(46(36)18-9-7-6-8-13-33(48)27-30-11-10-12-31(26-30)29-41)34-28-32(15-16-35(34)43-40(38)42)45-19-21-47(2,22-20-45)23-25-50-24-17-37(49)51-3/h10-12,15-16,26,28H,4-9,13-14,17-25,27H2,1-3H3,(H2,42,43)/q+1. The zero-order valence-corrected chi connectivity index (χ0v) is 31.5. The fraction of sp³-hybridized carbons (Fsp3) is 0.525. The maximum Gasteiger partial charge on any atom is 0.190 e. The number of nitrogens with two attached hydrogens (primary N) is 1. The van der Waals surface area contributed by atoms with Crippen LogP contribution in [-0.2, 0) is 33.7 Å². The second kappa shape index (κ2) is 18.5. The molecule has 0 spiro atoms. The Kier molecular flexibility index (Phi) is 13.9. The molecule has 0 amide bonds. The van der Waals surface area contributed by atoms with Gasteiger partial charge in [-0.2, -0.15) is 5.26 Å². The Bertz CT molecular complexity index is 1840. The first-order valence-electron chi connectivity index (χ1n) is 18.6. The molecule has 1 aliphatic rings. The lowest BCUT2D eigenvalue weighted by Crippen LogP contribution is -2.58. The van der Waals surface area contributed by atoms with Crippen LogP contribution in [0.2, 0.25) is 0 Å². The molecular weight excluding hydrogens is 659 g/mol. The number of carbonyl (C=O) groups excluding carboxylic acids is 2. The third kappa shape index (κ3) is 10.3. The fourth-order valence-corrected chi connectivity index (χ4v) is 7.28. The molecule has 0 radical (unpaired) electrons. The highest BCUT2D eigenvalue weighted by atomic mass is 32.2. The number of pyridine rings is 1. The third-order valence-corrected chi connectivity index (χ3v) is 10.9. The Balaban J connectivity index is 1.23. The van der Waals surface area contributed by atoms with E-state index in [2.05, 4.69) is 47.7 Å². The van der Waals surface area contributed by atoms with E-state index in [1.807, 2.05) is 18.4 Å². The van der Waals surface area contributed by atoms with Gasteiger partial charge in [-0.15, -0.1) is 0 Å². The quantitative estimate of drug-likeness (QED) is 0.0834. The van der Waals surface area contributed by atoms with E-state index >= 15 is 0 Å². The molecule has 51 heavy (non-hydrogen) atoms. The van der Waals surface area contributed by atoms with Crippen LogP contribution in [0.1, 0.15) is 75.2 Å². The highest BCUT2D eigenvalue weighted by Gasteiger charge is 2.29. The van der Waals surface area contributed by atoms with E-state index in [1.165, 1.54) is 17.4 Å². The number of nitrogens with zero attached hydrogens (tertiary/aromatic N) is 6. The lowest BCUT2D eigenvalue weighted by atomic mass is 10.0. The second-order valence-corrected chi connectivity index (χ2v) is 15.0. The Morgan fingerprint density at radius 1 is 1.02 bits per heavy atom. The SMILES string of the molecule is CCCCc1nc2c(N)nc3ccc(N4CC[N+](C)(CCOCCC(=O)SC)CC4)cc3c2n1CCCCCCC(=O)Cc1cccc(C#N)c1. The Morgan fingerprint density at radius 2 is 1.82 bits per heavy atom. The monoisotopic (exact) mass is 712 g/mol. The summed E-state index contributed by atoms with van der Waals surface area (Å²) < 4.78 is 9.14. The van der Waals surface area contributed by atoms with Crippen LogP contribution < -0.4 is 10.6 Å². The van der Waals surface area contributed by atoms with Gasteiger partial charge in [-0.25, -0.2) is 9.97 Å². The summed E-state index contributed by atoms with van der Waals surface area (Å²) in [5.41, 5.74) is 12.0. The number of rotatable bonds is 19. The largest absolute Gasteiger partial charge is 0.382 e. The molecule has 0 aliphatic carbocycles. The fourth-order valence-electron chi connectivity index (χ4n) is 6.99. The first-order valence-corrected chi connectivity index (χ1v) is 19.8. The minimum absolute atomic E-state index is 0.174.